The van der Waals surface area contributed by atoms with Crippen LogP contribution in [0.25, 0.3) is 0 Å². The summed E-state index contributed by atoms with van der Waals surface area (Å²) in [7, 11) is 0. The van der Waals surface area contributed by atoms with E-state index in [2.05, 4.69) is 16.0 Å². The van der Waals surface area contributed by atoms with E-state index in [1.165, 1.54) is 18.5 Å². The molecule has 6 heteroatoms. The second-order valence-electron chi connectivity index (χ2n) is 4.73. The van der Waals surface area contributed by atoms with Gasteiger partial charge in [0, 0.05) is 11.9 Å². The lowest BCUT2D eigenvalue weighted by Crippen LogP contribution is -2.00. The van der Waals surface area contributed by atoms with Crippen molar-refractivity contribution in [3.05, 3.63) is 46.9 Å². The van der Waals surface area contributed by atoms with Crippen molar-refractivity contribution in [3.63, 3.8) is 0 Å². The van der Waals surface area contributed by atoms with Gasteiger partial charge in [-0.25, -0.2) is 9.78 Å². The first-order valence-electron chi connectivity index (χ1n) is 6.46. The molecule has 6 nitrogen and oxygen atoms in total. The summed E-state index contributed by atoms with van der Waals surface area (Å²) in [5, 5.41) is 18.1. The quantitative estimate of drug-likeness (QED) is 0.927. The molecule has 2 heterocycles. The molecule has 0 aliphatic heterocycles. The average molecular weight is 281 g/mol. The second kappa shape index (κ2) is 5.21. The third-order valence-corrected chi connectivity index (χ3v) is 3.31. The number of rotatable bonds is 3. The number of carboxylic acids is 1. The highest BCUT2D eigenvalue weighted by molar-refractivity contribution is 5.87. The minimum Gasteiger partial charge on any atom is -0.478 e. The van der Waals surface area contributed by atoms with Crippen molar-refractivity contribution in [1.82, 2.24) is 9.97 Å². The average Bonchev–Trinajstić information content (AvgIpc) is 2.93. The summed E-state index contributed by atoms with van der Waals surface area (Å²) in [6, 6.07) is 5.20. The Labute approximate surface area is 120 Å². The summed E-state index contributed by atoms with van der Waals surface area (Å²) in [6.07, 6.45) is 5.43. The smallest absolute Gasteiger partial charge is 0.337 e. The molecule has 0 saturated carbocycles. The highest BCUT2D eigenvalue weighted by Crippen LogP contribution is 2.29. The number of carboxylic acid groups (broad SMARTS) is 1. The van der Waals surface area contributed by atoms with E-state index in [4.69, 9.17) is 9.84 Å². The van der Waals surface area contributed by atoms with Crippen LogP contribution < -0.4 is 4.74 Å². The van der Waals surface area contributed by atoms with E-state index in [0.717, 1.165) is 30.5 Å². The van der Waals surface area contributed by atoms with Crippen LogP contribution in [0, 0.1) is 11.3 Å². The van der Waals surface area contributed by atoms with Gasteiger partial charge in [0.25, 0.3) is 0 Å². The molecule has 0 saturated heterocycles. The molecule has 21 heavy (non-hydrogen) atoms. The second-order valence-corrected chi connectivity index (χ2v) is 4.73. The fourth-order valence-electron chi connectivity index (χ4n) is 2.31. The minimum absolute atomic E-state index is 0.0205. The zero-order valence-corrected chi connectivity index (χ0v) is 11.0. The Bertz CT molecular complexity index is 765. The molecule has 0 amide bonds. The van der Waals surface area contributed by atoms with Crippen molar-refractivity contribution >= 4 is 5.97 Å². The molecule has 0 radical (unpaired) electrons. The van der Waals surface area contributed by atoms with Gasteiger partial charge < -0.3 is 9.84 Å². The number of nitrogens with zero attached hydrogens (tertiary/aromatic N) is 3. The van der Waals surface area contributed by atoms with E-state index in [0.29, 0.717) is 5.56 Å². The Morgan fingerprint density at radius 3 is 2.95 bits per heavy atom. The van der Waals surface area contributed by atoms with Crippen molar-refractivity contribution in [1.29, 1.82) is 5.26 Å². The van der Waals surface area contributed by atoms with Crippen molar-refractivity contribution in [2.45, 2.75) is 19.3 Å². The van der Waals surface area contributed by atoms with Crippen LogP contribution in [0.5, 0.6) is 11.6 Å². The summed E-state index contributed by atoms with van der Waals surface area (Å²) in [4.78, 5) is 19.1. The fourth-order valence-corrected chi connectivity index (χ4v) is 2.31. The van der Waals surface area contributed by atoms with Gasteiger partial charge in [0.15, 0.2) is 0 Å². The van der Waals surface area contributed by atoms with Crippen LogP contribution in [0.4, 0.5) is 0 Å². The third-order valence-electron chi connectivity index (χ3n) is 3.31. The molecule has 1 aliphatic carbocycles. The minimum atomic E-state index is -1.09. The number of fused-ring (bicyclic) bond motifs is 1. The monoisotopic (exact) mass is 281 g/mol. The molecule has 104 valence electrons. The Morgan fingerprint density at radius 1 is 1.33 bits per heavy atom. The number of carbonyl (C=O) groups is 1. The topological polar surface area (TPSA) is 96.1 Å². The van der Waals surface area contributed by atoms with Gasteiger partial charge in [-0.3, -0.25) is 4.98 Å². The predicted octanol–water partition coefficient (Wildman–Crippen LogP) is 2.33. The fraction of sp³-hybridized carbons (Fsp3) is 0.200. The molecular weight excluding hydrogens is 270 g/mol. The van der Waals surface area contributed by atoms with Gasteiger partial charge in [-0.15, -0.1) is 0 Å². The number of ether oxygens (including phenoxy) is 1. The summed E-state index contributed by atoms with van der Waals surface area (Å²) in [5.41, 5.74) is 2.38. The third kappa shape index (κ3) is 2.54. The zero-order valence-electron chi connectivity index (χ0n) is 11.0. The lowest BCUT2D eigenvalue weighted by molar-refractivity contribution is 0.0696. The summed E-state index contributed by atoms with van der Waals surface area (Å²) >= 11 is 0. The molecular formula is C15H11N3O3. The van der Waals surface area contributed by atoms with Crippen molar-refractivity contribution < 1.29 is 14.6 Å². The largest absolute Gasteiger partial charge is 0.478 e. The molecule has 0 spiro atoms. The van der Waals surface area contributed by atoms with Crippen LogP contribution in [0.3, 0.4) is 0 Å². The van der Waals surface area contributed by atoms with Crippen molar-refractivity contribution in [3.8, 4) is 17.7 Å². The maximum Gasteiger partial charge on any atom is 0.337 e. The standard InChI is InChI=1S/C15H11N3O3/c16-6-10-4-9-2-1-3-13(9)18-14(10)21-12-5-11(15(19)20)7-17-8-12/h4-5,7-8H,1-3H2,(H,19,20). The Balaban J connectivity index is 1.96. The number of aryl methyl sites for hydroxylation is 2. The van der Waals surface area contributed by atoms with Crippen LogP contribution in [-0.4, -0.2) is 21.0 Å². The molecule has 0 atom stereocenters. The van der Waals surface area contributed by atoms with E-state index in [1.54, 1.807) is 6.07 Å². The molecule has 0 bridgehead atoms. The molecule has 1 aliphatic rings. The van der Waals surface area contributed by atoms with Gasteiger partial charge in [-0.1, -0.05) is 0 Å². The van der Waals surface area contributed by atoms with Crippen molar-refractivity contribution in [2.75, 3.05) is 0 Å². The number of pyridine rings is 2. The van der Waals surface area contributed by atoms with Crippen molar-refractivity contribution in [2.24, 2.45) is 0 Å². The first-order valence-corrected chi connectivity index (χ1v) is 6.46. The number of hydrogen-bond acceptors (Lipinski definition) is 5. The SMILES string of the molecule is N#Cc1cc2c(nc1Oc1cncc(C(=O)O)c1)CCC2. The molecule has 0 unspecified atom stereocenters. The zero-order chi connectivity index (χ0) is 14.8. The summed E-state index contributed by atoms with van der Waals surface area (Å²) < 4.78 is 5.56. The van der Waals surface area contributed by atoms with E-state index in [-0.39, 0.29) is 17.2 Å². The number of hydrogen-bond donors (Lipinski definition) is 1. The van der Waals surface area contributed by atoms with Crippen LogP contribution in [0.15, 0.2) is 24.5 Å². The van der Waals surface area contributed by atoms with Gasteiger partial charge in [-0.05, 0) is 37.0 Å². The maximum atomic E-state index is 10.9. The molecule has 3 rings (SSSR count). The van der Waals surface area contributed by atoms with Crippen LogP contribution in [0.2, 0.25) is 0 Å². The molecule has 1 N–H and O–H groups in total. The maximum absolute atomic E-state index is 10.9. The number of aromatic nitrogens is 2. The molecule has 2 aromatic heterocycles. The molecule has 2 aromatic rings. The number of nitriles is 1. The first-order chi connectivity index (χ1) is 10.2. The normalized spacial score (nSPS) is 12.5. The van der Waals surface area contributed by atoms with E-state index < -0.39 is 5.97 Å². The lowest BCUT2D eigenvalue weighted by atomic mass is 10.1. The number of aromatic carboxylic acids is 1. The Morgan fingerprint density at radius 2 is 2.19 bits per heavy atom. The van der Waals surface area contributed by atoms with Gasteiger partial charge in [-0.2, -0.15) is 5.26 Å². The molecule has 0 fully saturated rings. The van der Waals surface area contributed by atoms with Crippen LogP contribution >= 0.6 is 0 Å². The predicted molar refractivity (Wildman–Crippen MR) is 72.2 cm³/mol. The van der Waals surface area contributed by atoms with Gasteiger partial charge in [0.1, 0.15) is 17.4 Å². The lowest BCUT2D eigenvalue weighted by Gasteiger charge is -2.08. The van der Waals surface area contributed by atoms with E-state index >= 15 is 0 Å². The summed E-state index contributed by atoms with van der Waals surface area (Å²) in [6.45, 7) is 0. The van der Waals surface area contributed by atoms with Gasteiger partial charge >= 0.3 is 5.97 Å². The van der Waals surface area contributed by atoms with Crippen LogP contribution in [0.1, 0.15) is 33.6 Å². The first kappa shape index (κ1) is 13.1. The van der Waals surface area contributed by atoms with E-state index in [9.17, 15) is 10.1 Å². The molecule has 0 aromatic carbocycles. The van der Waals surface area contributed by atoms with Gasteiger partial charge in [0.05, 0.1) is 11.8 Å². The Kier molecular flexibility index (Phi) is 3.24. The summed E-state index contributed by atoms with van der Waals surface area (Å²) in [5.74, 6) is -0.644. The highest BCUT2D eigenvalue weighted by atomic mass is 16.5. The Hall–Kier alpha value is -2.94. The highest BCUT2D eigenvalue weighted by Gasteiger charge is 2.18. The van der Waals surface area contributed by atoms with Gasteiger partial charge in [0.2, 0.25) is 5.88 Å². The van der Waals surface area contributed by atoms with Crippen LogP contribution in [-0.2, 0) is 12.8 Å². The van der Waals surface area contributed by atoms with E-state index in [1.807, 2.05) is 0 Å².